The summed E-state index contributed by atoms with van der Waals surface area (Å²) >= 11 is 0. The van der Waals surface area contributed by atoms with E-state index in [1.807, 2.05) is 20.9 Å². The lowest BCUT2D eigenvalue weighted by molar-refractivity contribution is 0.110. The van der Waals surface area contributed by atoms with Crippen LogP contribution in [0.1, 0.15) is 46.5 Å². The zero-order valence-corrected chi connectivity index (χ0v) is 14.0. The molecule has 0 saturated carbocycles. The smallest absolute Gasteiger partial charge is 0.0936 e. The Labute approximate surface area is 125 Å². The highest BCUT2D eigenvalue weighted by molar-refractivity contribution is 4.90. The average Bonchev–Trinajstić information content (AvgIpc) is 2.74. The highest BCUT2D eigenvalue weighted by Crippen LogP contribution is 2.18. The van der Waals surface area contributed by atoms with E-state index in [9.17, 15) is 0 Å². The Kier molecular flexibility index (Phi) is 11.6. The van der Waals surface area contributed by atoms with Crippen molar-refractivity contribution in [1.29, 1.82) is 0 Å². The molecule has 0 aromatic rings. The van der Waals surface area contributed by atoms with Gasteiger partial charge < -0.3 is 20.7 Å². The molecule has 4 heteroatoms. The Hall–Kier alpha value is -0.740. The van der Waals surface area contributed by atoms with E-state index in [-0.39, 0.29) is 6.04 Å². The number of nitrogens with one attached hydrogen (secondary N) is 1. The normalized spacial score (nSPS) is 20.1. The number of nitrogens with zero attached hydrogens (tertiary/aromatic N) is 1. The standard InChI is InChI=1S/C14H29N3O.C2H6/c1-4-17(3)12(2)16-10-14(15)9-13-7-5-6-8-18-11-13;1-2/h13-14,16H,2,4-11,15H2,1,3H3;1-2H3/t13-,14?;/m1./s1. The van der Waals surface area contributed by atoms with Crippen molar-refractivity contribution in [2.75, 3.05) is 33.4 Å². The van der Waals surface area contributed by atoms with E-state index < -0.39 is 0 Å². The second-order valence-electron chi connectivity index (χ2n) is 5.27. The first-order valence-electron chi connectivity index (χ1n) is 8.10. The largest absolute Gasteiger partial charge is 0.381 e. The quantitative estimate of drug-likeness (QED) is 0.755. The molecule has 3 N–H and O–H groups in total. The van der Waals surface area contributed by atoms with Crippen LogP contribution in [0.25, 0.3) is 0 Å². The Morgan fingerprint density at radius 3 is 2.80 bits per heavy atom. The summed E-state index contributed by atoms with van der Waals surface area (Å²) in [5.41, 5.74) is 6.17. The number of hydrogen-bond donors (Lipinski definition) is 2. The fraction of sp³-hybridized carbons (Fsp3) is 0.875. The van der Waals surface area contributed by atoms with Gasteiger partial charge in [-0.3, -0.25) is 0 Å². The van der Waals surface area contributed by atoms with E-state index in [1.165, 1.54) is 19.3 Å². The van der Waals surface area contributed by atoms with Gasteiger partial charge in [0.25, 0.3) is 0 Å². The summed E-state index contributed by atoms with van der Waals surface area (Å²) in [6.45, 7) is 13.6. The molecule has 0 spiro atoms. The maximum absolute atomic E-state index is 6.17. The van der Waals surface area contributed by atoms with Crippen molar-refractivity contribution in [3.05, 3.63) is 12.4 Å². The molecule has 20 heavy (non-hydrogen) atoms. The third kappa shape index (κ3) is 8.43. The molecule has 0 radical (unpaired) electrons. The summed E-state index contributed by atoms with van der Waals surface area (Å²) in [5.74, 6) is 1.58. The number of rotatable bonds is 7. The van der Waals surface area contributed by atoms with Gasteiger partial charge in [0.2, 0.25) is 0 Å². The number of hydrogen-bond acceptors (Lipinski definition) is 4. The molecule has 2 atom stereocenters. The molecular weight excluding hydrogens is 250 g/mol. The predicted molar refractivity (Wildman–Crippen MR) is 87.5 cm³/mol. The molecule has 1 aliphatic rings. The monoisotopic (exact) mass is 285 g/mol. The molecule has 1 heterocycles. The van der Waals surface area contributed by atoms with Gasteiger partial charge in [-0.15, -0.1) is 0 Å². The van der Waals surface area contributed by atoms with Crippen molar-refractivity contribution in [3.8, 4) is 0 Å². The lowest BCUT2D eigenvalue weighted by Crippen LogP contribution is -2.38. The molecule has 0 aliphatic carbocycles. The average molecular weight is 285 g/mol. The van der Waals surface area contributed by atoms with Gasteiger partial charge in [0, 0.05) is 39.4 Å². The van der Waals surface area contributed by atoms with Crippen molar-refractivity contribution in [1.82, 2.24) is 10.2 Å². The minimum atomic E-state index is 0.179. The zero-order chi connectivity index (χ0) is 15.4. The molecule has 1 aliphatic heterocycles. The van der Waals surface area contributed by atoms with Crippen LogP contribution in [-0.2, 0) is 4.74 Å². The molecule has 0 aromatic heterocycles. The van der Waals surface area contributed by atoms with Gasteiger partial charge in [0.1, 0.15) is 0 Å². The summed E-state index contributed by atoms with van der Waals surface area (Å²) in [4.78, 5) is 2.08. The predicted octanol–water partition coefficient (Wildman–Crippen LogP) is 2.56. The summed E-state index contributed by atoms with van der Waals surface area (Å²) < 4.78 is 5.59. The molecule has 4 nitrogen and oxygen atoms in total. The highest BCUT2D eigenvalue weighted by Gasteiger charge is 2.16. The first kappa shape index (κ1) is 19.3. The van der Waals surface area contributed by atoms with Crippen molar-refractivity contribution >= 4 is 0 Å². The van der Waals surface area contributed by atoms with E-state index in [4.69, 9.17) is 10.5 Å². The molecule has 1 fully saturated rings. The molecule has 120 valence electrons. The molecule has 0 aromatic carbocycles. The maximum atomic E-state index is 6.17. The van der Waals surface area contributed by atoms with Gasteiger partial charge in [0.15, 0.2) is 0 Å². The topological polar surface area (TPSA) is 50.5 Å². The van der Waals surface area contributed by atoms with Crippen molar-refractivity contribution in [3.63, 3.8) is 0 Å². The van der Waals surface area contributed by atoms with Crippen LogP contribution in [0, 0.1) is 5.92 Å². The lowest BCUT2D eigenvalue weighted by atomic mass is 9.96. The van der Waals surface area contributed by atoms with Gasteiger partial charge >= 0.3 is 0 Å². The van der Waals surface area contributed by atoms with E-state index in [2.05, 4.69) is 23.7 Å². The summed E-state index contributed by atoms with van der Waals surface area (Å²) in [7, 11) is 2.03. The van der Waals surface area contributed by atoms with Crippen molar-refractivity contribution < 1.29 is 4.74 Å². The van der Waals surface area contributed by atoms with Gasteiger partial charge in [-0.05, 0) is 32.1 Å². The fourth-order valence-electron chi connectivity index (χ4n) is 2.24. The lowest BCUT2D eigenvalue weighted by Gasteiger charge is -2.24. The number of nitrogens with two attached hydrogens (primary N) is 1. The van der Waals surface area contributed by atoms with Crippen LogP contribution in [0.2, 0.25) is 0 Å². The van der Waals surface area contributed by atoms with Crippen LogP contribution in [0.5, 0.6) is 0 Å². The summed E-state index contributed by atoms with van der Waals surface area (Å²) in [6, 6.07) is 0.179. The fourth-order valence-corrected chi connectivity index (χ4v) is 2.24. The molecule has 1 unspecified atom stereocenters. The SMILES string of the molecule is C=C(NCC(N)C[C@H]1CCCCOC1)N(C)CC.CC. The molecule has 0 amide bonds. The Morgan fingerprint density at radius 2 is 2.15 bits per heavy atom. The van der Waals surface area contributed by atoms with E-state index in [1.54, 1.807) is 0 Å². The van der Waals surface area contributed by atoms with Gasteiger partial charge in [-0.25, -0.2) is 0 Å². The van der Waals surface area contributed by atoms with Crippen LogP contribution in [0.3, 0.4) is 0 Å². The maximum Gasteiger partial charge on any atom is 0.0936 e. The highest BCUT2D eigenvalue weighted by atomic mass is 16.5. The molecule has 1 saturated heterocycles. The van der Waals surface area contributed by atoms with E-state index in [0.717, 1.165) is 38.5 Å². The second-order valence-corrected chi connectivity index (χ2v) is 5.27. The Balaban J connectivity index is 0.00000172. The van der Waals surface area contributed by atoms with Gasteiger partial charge in [-0.1, -0.05) is 26.8 Å². The van der Waals surface area contributed by atoms with Crippen LogP contribution in [0.4, 0.5) is 0 Å². The second kappa shape index (κ2) is 12.0. The molecule has 0 bridgehead atoms. The first-order valence-corrected chi connectivity index (χ1v) is 8.10. The van der Waals surface area contributed by atoms with Crippen molar-refractivity contribution in [2.45, 2.75) is 52.5 Å². The van der Waals surface area contributed by atoms with Gasteiger partial charge in [-0.2, -0.15) is 0 Å². The summed E-state index contributed by atoms with van der Waals surface area (Å²) in [6.07, 6.45) is 4.76. The third-order valence-corrected chi connectivity index (χ3v) is 3.64. The molecular formula is C16H35N3O. The van der Waals surface area contributed by atoms with Crippen LogP contribution >= 0.6 is 0 Å². The van der Waals surface area contributed by atoms with E-state index in [0.29, 0.717) is 5.92 Å². The first-order chi connectivity index (χ1) is 9.63. The van der Waals surface area contributed by atoms with Crippen molar-refractivity contribution in [2.24, 2.45) is 11.7 Å². The van der Waals surface area contributed by atoms with E-state index >= 15 is 0 Å². The van der Waals surface area contributed by atoms with Crippen LogP contribution in [-0.4, -0.2) is 44.3 Å². The van der Waals surface area contributed by atoms with Crippen LogP contribution < -0.4 is 11.1 Å². The molecule has 1 rings (SSSR count). The third-order valence-electron chi connectivity index (χ3n) is 3.64. The number of ether oxygens (including phenoxy) is 1. The Bertz CT molecular complexity index is 238. The zero-order valence-electron chi connectivity index (χ0n) is 14.0. The minimum absolute atomic E-state index is 0.179. The minimum Gasteiger partial charge on any atom is -0.381 e. The summed E-state index contributed by atoms with van der Waals surface area (Å²) in [5, 5.41) is 3.30. The van der Waals surface area contributed by atoms with Gasteiger partial charge in [0.05, 0.1) is 5.82 Å². The Morgan fingerprint density at radius 1 is 1.45 bits per heavy atom. The van der Waals surface area contributed by atoms with Crippen LogP contribution in [0.15, 0.2) is 12.4 Å².